The smallest absolute Gasteiger partial charge is 0.254 e. The van der Waals surface area contributed by atoms with Crippen molar-refractivity contribution in [3.05, 3.63) is 34.3 Å². The van der Waals surface area contributed by atoms with Crippen LogP contribution in [0.3, 0.4) is 0 Å². The van der Waals surface area contributed by atoms with Gasteiger partial charge in [0.2, 0.25) is 0 Å². The molecule has 2 rings (SSSR count). The van der Waals surface area contributed by atoms with Crippen molar-refractivity contribution in [3.63, 3.8) is 0 Å². The summed E-state index contributed by atoms with van der Waals surface area (Å²) in [5.41, 5.74) is 1.55. The summed E-state index contributed by atoms with van der Waals surface area (Å²) in [6, 6.07) is 5.61. The summed E-state index contributed by atoms with van der Waals surface area (Å²) < 4.78 is 0. The van der Waals surface area contributed by atoms with Crippen molar-refractivity contribution in [1.29, 1.82) is 0 Å². The standard InChI is InChI=1S/C13H14Cl2O/c14-11-8-4-7-10(12(11)13(15)16)9-5-2-1-3-6-9/h4,7-9H,1-3,5-6H2. The molecule has 0 radical (unpaired) electrons. The average molecular weight is 257 g/mol. The molecule has 1 nitrogen and oxygen atoms in total. The highest BCUT2D eigenvalue weighted by atomic mass is 35.5. The van der Waals surface area contributed by atoms with Crippen molar-refractivity contribution in [3.8, 4) is 0 Å². The van der Waals surface area contributed by atoms with E-state index in [9.17, 15) is 4.79 Å². The largest absolute Gasteiger partial charge is 0.276 e. The third kappa shape index (κ3) is 2.41. The molecule has 86 valence electrons. The number of benzene rings is 1. The molecule has 1 aromatic carbocycles. The van der Waals surface area contributed by atoms with Crippen LogP contribution in [-0.4, -0.2) is 5.24 Å². The van der Waals surface area contributed by atoms with Crippen molar-refractivity contribution < 1.29 is 4.79 Å². The molecule has 0 saturated heterocycles. The van der Waals surface area contributed by atoms with Gasteiger partial charge < -0.3 is 0 Å². The third-order valence-electron chi connectivity index (χ3n) is 3.29. The predicted octanol–water partition coefficient (Wildman–Crippen LogP) is 4.77. The van der Waals surface area contributed by atoms with E-state index in [-0.39, 0.29) is 0 Å². The van der Waals surface area contributed by atoms with Gasteiger partial charge >= 0.3 is 0 Å². The maximum absolute atomic E-state index is 11.4. The van der Waals surface area contributed by atoms with Crippen molar-refractivity contribution in [2.24, 2.45) is 0 Å². The van der Waals surface area contributed by atoms with Gasteiger partial charge in [-0.05, 0) is 42.0 Å². The quantitative estimate of drug-likeness (QED) is 0.697. The molecule has 1 saturated carbocycles. The fourth-order valence-corrected chi connectivity index (χ4v) is 3.03. The van der Waals surface area contributed by atoms with E-state index in [1.54, 1.807) is 6.07 Å². The zero-order chi connectivity index (χ0) is 11.5. The van der Waals surface area contributed by atoms with Gasteiger partial charge in [-0.15, -0.1) is 0 Å². The van der Waals surface area contributed by atoms with Gasteiger partial charge in [0.05, 0.1) is 10.6 Å². The maximum Gasteiger partial charge on any atom is 0.254 e. The Hall–Kier alpha value is -0.530. The highest BCUT2D eigenvalue weighted by Crippen LogP contribution is 2.36. The first-order chi connectivity index (χ1) is 7.70. The fraction of sp³-hybridized carbons (Fsp3) is 0.462. The first-order valence-corrected chi connectivity index (χ1v) is 6.44. The zero-order valence-electron chi connectivity index (χ0n) is 9.01. The van der Waals surface area contributed by atoms with Crippen LogP contribution in [0.25, 0.3) is 0 Å². The van der Waals surface area contributed by atoms with Crippen LogP contribution in [0.4, 0.5) is 0 Å². The van der Waals surface area contributed by atoms with Crippen molar-refractivity contribution in [2.75, 3.05) is 0 Å². The van der Waals surface area contributed by atoms with E-state index in [0.29, 0.717) is 16.5 Å². The lowest BCUT2D eigenvalue weighted by Gasteiger charge is -2.23. The summed E-state index contributed by atoms with van der Waals surface area (Å²) in [6.45, 7) is 0. The van der Waals surface area contributed by atoms with E-state index in [4.69, 9.17) is 23.2 Å². The van der Waals surface area contributed by atoms with Gasteiger partial charge in [-0.3, -0.25) is 4.79 Å². The number of hydrogen-bond acceptors (Lipinski definition) is 1. The van der Waals surface area contributed by atoms with Crippen LogP contribution in [0.2, 0.25) is 5.02 Å². The van der Waals surface area contributed by atoms with E-state index in [1.807, 2.05) is 12.1 Å². The number of rotatable bonds is 2. The van der Waals surface area contributed by atoms with Gasteiger partial charge in [0.15, 0.2) is 0 Å². The van der Waals surface area contributed by atoms with Gasteiger partial charge in [-0.25, -0.2) is 0 Å². The molecule has 0 atom stereocenters. The van der Waals surface area contributed by atoms with Crippen LogP contribution in [0.15, 0.2) is 18.2 Å². The first kappa shape index (κ1) is 11.9. The molecule has 0 aromatic heterocycles. The minimum atomic E-state index is -0.439. The molecule has 0 heterocycles. The molecule has 0 bridgehead atoms. The monoisotopic (exact) mass is 256 g/mol. The van der Waals surface area contributed by atoms with Crippen LogP contribution in [0, 0.1) is 0 Å². The Kier molecular flexibility index (Phi) is 3.88. The molecule has 1 aromatic rings. The number of hydrogen-bond donors (Lipinski definition) is 0. The van der Waals surface area contributed by atoms with E-state index >= 15 is 0 Å². The highest BCUT2D eigenvalue weighted by Gasteiger charge is 2.22. The second kappa shape index (κ2) is 5.20. The Morgan fingerprint density at radius 2 is 1.88 bits per heavy atom. The summed E-state index contributed by atoms with van der Waals surface area (Å²) in [4.78, 5) is 11.4. The molecular formula is C13H14Cl2O. The Balaban J connectivity index is 2.38. The Morgan fingerprint density at radius 3 is 2.50 bits per heavy atom. The van der Waals surface area contributed by atoms with Crippen molar-refractivity contribution >= 4 is 28.4 Å². The Labute approximate surface area is 106 Å². The van der Waals surface area contributed by atoms with Gasteiger partial charge in [-0.1, -0.05) is 43.0 Å². The van der Waals surface area contributed by atoms with E-state index in [2.05, 4.69) is 0 Å². The second-order valence-electron chi connectivity index (χ2n) is 4.31. The number of carbonyl (C=O) groups excluding carboxylic acids is 1. The summed E-state index contributed by atoms with van der Waals surface area (Å²) in [7, 11) is 0. The maximum atomic E-state index is 11.4. The van der Waals surface area contributed by atoms with Crippen LogP contribution in [-0.2, 0) is 0 Å². The molecule has 1 fully saturated rings. The third-order valence-corrected chi connectivity index (χ3v) is 3.79. The predicted molar refractivity (Wildman–Crippen MR) is 67.5 cm³/mol. The molecule has 16 heavy (non-hydrogen) atoms. The van der Waals surface area contributed by atoms with Crippen LogP contribution < -0.4 is 0 Å². The summed E-state index contributed by atoms with van der Waals surface area (Å²) in [6.07, 6.45) is 6.02. The fourth-order valence-electron chi connectivity index (χ4n) is 2.50. The minimum absolute atomic E-state index is 0.439. The summed E-state index contributed by atoms with van der Waals surface area (Å²) in [5.74, 6) is 0.449. The number of carbonyl (C=O) groups is 1. The lowest BCUT2D eigenvalue weighted by molar-refractivity contribution is 0.108. The van der Waals surface area contributed by atoms with Gasteiger partial charge in [-0.2, -0.15) is 0 Å². The Morgan fingerprint density at radius 1 is 1.19 bits per heavy atom. The first-order valence-electron chi connectivity index (χ1n) is 5.68. The van der Waals surface area contributed by atoms with Crippen molar-refractivity contribution in [1.82, 2.24) is 0 Å². The summed E-state index contributed by atoms with van der Waals surface area (Å²) in [5, 5.41) is 0.0363. The highest BCUT2D eigenvalue weighted by molar-refractivity contribution is 6.69. The lowest BCUT2D eigenvalue weighted by Crippen LogP contribution is -2.09. The zero-order valence-corrected chi connectivity index (χ0v) is 10.5. The molecule has 1 aliphatic carbocycles. The minimum Gasteiger partial charge on any atom is -0.276 e. The molecule has 0 spiro atoms. The van der Waals surface area contributed by atoms with Crippen LogP contribution in [0.5, 0.6) is 0 Å². The van der Waals surface area contributed by atoms with Gasteiger partial charge in [0.1, 0.15) is 0 Å². The average Bonchev–Trinajstić information content (AvgIpc) is 2.29. The van der Waals surface area contributed by atoms with E-state index in [0.717, 1.165) is 18.4 Å². The molecule has 3 heteroatoms. The van der Waals surface area contributed by atoms with Crippen LogP contribution in [0.1, 0.15) is 53.9 Å². The number of halogens is 2. The molecular weight excluding hydrogens is 243 g/mol. The molecule has 0 aliphatic heterocycles. The second-order valence-corrected chi connectivity index (χ2v) is 5.06. The topological polar surface area (TPSA) is 17.1 Å². The molecule has 0 N–H and O–H groups in total. The van der Waals surface area contributed by atoms with Crippen LogP contribution >= 0.6 is 23.2 Å². The van der Waals surface area contributed by atoms with Gasteiger partial charge in [0, 0.05) is 0 Å². The lowest BCUT2D eigenvalue weighted by atomic mass is 9.82. The SMILES string of the molecule is O=C(Cl)c1c(Cl)cccc1C1CCCCC1. The van der Waals surface area contributed by atoms with Gasteiger partial charge in [0.25, 0.3) is 5.24 Å². The molecule has 0 amide bonds. The molecule has 1 aliphatic rings. The van der Waals surface area contributed by atoms with Crippen molar-refractivity contribution in [2.45, 2.75) is 38.0 Å². The summed E-state index contributed by atoms with van der Waals surface area (Å²) >= 11 is 11.6. The normalized spacial score (nSPS) is 17.4. The van der Waals surface area contributed by atoms with E-state index in [1.165, 1.54) is 19.3 Å². The van der Waals surface area contributed by atoms with E-state index < -0.39 is 5.24 Å². The molecule has 0 unspecified atom stereocenters. The Bertz CT molecular complexity index is 395.